The van der Waals surface area contributed by atoms with Crippen LogP contribution in [0, 0.1) is 0 Å². The molecule has 0 saturated carbocycles. The molecule has 1 heterocycles. The van der Waals surface area contributed by atoms with E-state index in [-0.39, 0.29) is 13.1 Å². The summed E-state index contributed by atoms with van der Waals surface area (Å²) in [5.74, 6) is -1.54. The van der Waals surface area contributed by atoms with Crippen LogP contribution in [-0.2, 0) is 14.3 Å². The largest absolute Gasteiger partial charge is 0.391 e. The van der Waals surface area contributed by atoms with Crippen LogP contribution < -0.4 is 22.5 Å². The number of piperazine rings is 1. The number of esters is 2. The molecule has 0 aromatic carbocycles. The lowest BCUT2D eigenvalue weighted by atomic mass is 10.2. The Balaban J connectivity index is 2.29. The molecule has 1 rings (SSSR count). The first-order valence-electron chi connectivity index (χ1n) is 7.53. The quantitative estimate of drug-likeness (QED) is 0.265. The van der Waals surface area contributed by atoms with E-state index in [2.05, 4.69) is 26.9 Å². The van der Waals surface area contributed by atoms with E-state index in [0.29, 0.717) is 6.54 Å². The zero-order valence-corrected chi connectivity index (χ0v) is 13.2. The third-order valence-corrected chi connectivity index (χ3v) is 3.69. The van der Waals surface area contributed by atoms with Gasteiger partial charge in [-0.3, -0.25) is 4.90 Å². The Morgan fingerprint density at radius 3 is 2.32 bits per heavy atom. The van der Waals surface area contributed by atoms with E-state index >= 15 is 0 Å². The van der Waals surface area contributed by atoms with E-state index in [0.717, 1.165) is 32.7 Å². The average Bonchev–Trinajstić information content (AvgIpc) is 2.52. The predicted molar refractivity (Wildman–Crippen MR) is 82.9 cm³/mol. The van der Waals surface area contributed by atoms with Gasteiger partial charge in [-0.15, -0.1) is 0 Å². The van der Waals surface area contributed by atoms with Gasteiger partial charge in [0.15, 0.2) is 0 Å². The van der Waals surface area contributed by atoms with Crippen LogP contribution in [0.2, 0.25) is 0 Å². The molecule has 1 aliphatic heterocycles. The molecule has 0 bridgehead atoms. The van der Waals surface area contributed by atoms with Gasteiger partial charge in [-0.1, -0.05) is 0 Å². The number of nitrogens with one attached hydrogen (secondary N) is 1. The molecular formula is C13H28N6O3. The minimum absolute atomic E-state index is 0.0483. The number of nitrogens with two attached hydrogens (primary N) is 3. The summed E-state index contributed by atoms with van der Waals surface area (Å²) in [6, 6.07) is -1.71. The molecule has 0 spiro atoms. The van der Waals surface area contributed by atoms with Crippen LogP contribution in [-0.4, -0.2) is 93.2 Å². The van der Waals surface area contributed by atoms with Crippen LogP contribution in [0.25, 0.3) is 0 Å². The molecule has 2 unspecified atom stereocenters. The molecule has 9 heteroatoms. The first kappa shape index (κ1) is 18.9. The molecule has 1 saturated heterocycles. The normalized spacial score (nSPS) is 19.6. The Bertz CT molecular complexity index is 360. The second-order valence-electron chi connectivity index (χ2n) is 5.47. The highest BCUT2D eigenvalue weighted by Gasteiger charge is 2.24. The minimum atomic E-state index is -0.993. The van der Waals surface area contributed by atoms with E-state index in [1.165, 1.54) is 0 Å². The number of rotatable bonds is 8. The molecule has 22 heavy (non-hydrogen) atoms. The summed E-state index contributed by atoms with van der Waals surface area (Å²) in [5, 5.41) is 3.01. The van der Waals surface area contributed by atoms with Crippen molar-refractivity contribution >= 4 is 11.9 Å². The van der Waals surface area contributed by atoms with Gasteiger partial charge in [0.25, 0.3) is 0 Å². The van der Waals surface area contributed by atoms with Gasteiger partial charge in [-0.25, -0.2) is 9.59 Å². The second kappa shape index (κ2) is 9.82. The standard InChI is InChI=1S/C13H28N6O3/c1-18-4-6-19(7-5-18)3-2-17-11(9-15)13(21)22-12(20)10(16)8-14/h10-11,17H,2-9,14-16H2,1H3. The maximum atomic E-state index is 11.8. The highest BCUT2D eigenvalue weighted by Crippen LogP contribution is 1.98. The van der Waals surface area contributed by atoms with Crippen molar-refractivity contribution in [3.8, 4) is 0 Å². The average molecular weight is 316 g/mol. The van der Waals surface area contributed by atoms with E-state index in [1.54, 1.807) is 0 Å². The lowest BCUT2D eigenvalue weighted by Gasteiger charge is -2.32. The van der Waals surface area contributed by atoms with Gasteiger partial charge in [0, 0.05) is 52.4 Å². The number of likely N-dealkylation sites (N-methyl/N-ethyl adjacent to an activating group) is 1. The van der Waals surface area contributed by atoms with E-state index in [4.69, 9.17) is 17.2 Å². The third-order valence-electron chi connectivity index (χ3n) is 3.69. The maximum Gasteiger partial charge on any atom is 0.332 e. The van der Waals surface area contributed by atoms with E-state index in [9.17, 15) is 9.59 Å². The summed E-state index contributed by atoms with van der Waals surface area (Å²) < 4.78 is 4.67. The molecule has 0 amide bonds. The highest BCUT2D eigenvalue weighted by molar-refractivity contribution is 5.91. The summed E-state index contributed by atoms with van der Waals surface area (Å²) in [6.07, 6.45) is 0. The monoisotopic (exact) mass is 316 g/mol. The van der Waals surface area contributed by atoms with Crippen molar-refractivity contribution in [1.29, 1.82) is 0 Å². The van der Waals surface area contributed by atoms with E-state index < -0.39 is 24.0 Å². The predicted octanol–water partition coefficient (Wildman–Crippen LogP) is -3.49. The van der Waals surface area contributed by atoms with Crippen molar-refractivity contribution in [1.82, 2.24) is 15.1 Å². The van der Waals surface area contributed by atoms with Gasteiger partial charge in [0.05, 0.1) is 0 Å². The SMILES string of the molecule is CN1CCN(CCNC(CN)C(=O)OC(=O)C(N)CN)CC1. The highest BCUT2D eigenvalue weighted by atomic mass is 16.6. The molecule has 1 fully saturated rings. The van der Waals surface area contributed by atoms with Gasteiger partial charge in [-0.2, -0.15) is 0 Å². The molecular weight excluding hydrogens is 288 g/mol. The Hall–Kier alpha value is -1.10. The van der Waals surface area contributed by atoms with Gasteiger partial charge in [-0.05, 0) is 7.05 Å². The Kier molecular flexibility index (Phi) is 8.46. The molecule has 9 nitrogen and oxygen atoms in total. The number of carbonyl (C=O) groups excluding carboxylic acids is 2. The summed E-state index contributed by atoms with van der Waals surface area (Å²) >= 11 is 0. The lowest BCUT2D eigenvalue weighted by molar-refractivity contribution is -0.161. The molecule has 0 radical (unpaired) electrons. The summed E-state index contributed by atoms with van der Waals surface area (Å²) in [4.78, 5) is 27.8. The minimum Gasteiger partial charge on any atom is -0.391 e. The number of hydrogen-bond donors (Lipinski definition) is 4. The first-order valence-corrected chi connectivity index (χ1v) is 7.53. The fourth-order valence-corrected chi connectivity index (χ4v) is 2.07. The number of ether oxygens (including phenoxy) is 1. The van der Waals surface area contributed by atoms with E-state index in [1.807, 2.05) is 0 Å². The van der Waals surface area contributed by atoms with Crippen LogP contribution in [0.5, 0.6) is 0 Å². The van der Waals surface area contributed by atoms with Gasteiger partial charge in [0.1, 0.15) is 12.1 Å². The lowest BCUT2D eigenvalue weighted by Crippen LogP contribution is -2.51. The summed E-state index contributed by atoms with van der Waals surface area (Å²) in [7, 11) is 2.10. The molecule has 0 aliphatic carbocycles. The Morgan fingerprint density at radius 2 is 1.77 bits per heavy atom. The van der Waals surface area contributed by atoms with Crippen molar-refractivity contribution in [3.05, 3.63) is 0 Å². The molecule has 1 aliphatic rings. The topological polar surface area (TPSA) is 140 Å². The van der Waals surface area contributed by atoms with Crippen molar-refractivity contribution in [2.45, 2.75) is 12.1 Å². The summed E-state index contributed by atoms with van der Waals surface area (Å²) in [6.45, 7) is 5.45. The number of hydrogen-bond acceptors (Lipinski definition) is 9. The smallest absolute Gasteiger partial charge is 0.332 e. The molecule has 0 aromatic heterocycles. The Morgan fingerprint density at radius 1 is 1.14 bits per heavy atom. The first-order chi connectivity index (χ1) is 10.5. The van der Waals surface area contributed by atoms with Crippen LogP contribution in [0.15, 0.2) is 0 Å². The van der Waals surface area contributed by atoms with Crippen molar-refractivity contribution in [3.63, 3.8) is 0 Å². The van der Waals surface area contributed by atoms with Crippen molar-refractivity contribution in [2.24, 2.45) is 17.2 Å². The zero-order chi connectivity index (χ0) is 16.5. The fraction of sp³-hybridized carbons (Fsp3) is 0.846. The molecule has 128 valence electrons. The van der Waals surface area contributed by atoms with Crippen LogP contribution in [0.4, 0.5) is 0 Å². The van der Waals surface area contributed by atoms with Gasteiger partial charge in [0.2, 0.25) is 0 Å². The number of carbonyl (C=O) groups is 2. The van der Waals surface area contributed by atoms with Crippen LogP contribution in [0.3, 0.4) is 0 Å². The number of nitrogens with zero attached hydrogens (tertiary/aromatic N) is 2. The second-order valence-corrected chi connectivity index (χ2v) is 5.47. The summed E-state index contributed by atoms with van der Waals surface area (Å²) in [5.41, 5.74) is 16.2. The Labute approximate surface area is 131 Å². The third kappa shape index (κ3) is 6.34. The van der Waals surface area contributed by atoms with Crippen molar-refractivity contribution in [2.75, 3.05) is 59.4 Å². The van der Waals surface area contributed by atoms with Gasteiger partial charge >= 0.3 is 11.9 Å². The molecule has 2 atom stereocenters. The fourth-order valence-electron chi connectivity index (χ4n) is 2.07. The molecule has 7 N–H and O–H groups in total. The van der Waals surface area contributed by atoms with Crippen LogP contribution >= 0.6 is 0 Å². The maximum absolute atomic E-state index is 11.8. The van der Waals surface area contributed by atoms with Gasteiger partial charge < -0.3 is 32.2 Å². The molecule has 0 aromatic rings. The van der Waals surface area contributed by atoms with Crippen LogP contribution in [0.1, 0.15) is 0 Å². The van der Waals surface area contributed by atoms with Crippen molar-refractivity contribution < 1.29 is 14.3 Å². The zero-order valence-electron chi connectivity index (χ0n) is 13.2.